The topological polar surface area (TPSA) is 12.0 Å². The molecule has 0 aliphatic carbocycles. The van der Waals surface area contributed by atoms with E-state index >= 15 is 0 Å². The summed E-state index contributed by atoms with van der Waals surface area (Å²) in [5, 5.41) is 7.01. The van der Waals surface area contributed by atoms with Crippen molar-refractivity contribution in [3.8, 4) is 0 Å². The van der Waals surface area contributed by atoms with Crippen molar-refractivity contribution in [1.29, 1.82) is 0 Å². The lowest BCUT2D eigenvalue weighted by molar-refractivity contribution is 0.460. The Labute approximate surface area is 94.1 Å². The number of thiophene rings is 1. The van der Waals surface area contributed by atoms with Gasteiger partial charge in [0.15, 0.2) is 0 Å². The third kappa shape index (κ3) is 1.80. The van der Waals surface area contributed by atoms with Gasteiger partial charge in [0.25, 0.3) is 0 Å². The SMILES string of the molecule is c1cc2cc(C3CCNCC3)ccc2s1. The zero-order valence-corrected chi connectivity index (χ0v) is 9.52. The molecule has 1 saturated heterocycles. The molecule has 0 spiro atoms. The van der Waals surface area contributed by atoms with Gasteiger partial charge in [0.2, 0.25) is 0 Å². The summed E-state index contributed by atoms with van der Waals surface area (Å²) in [6, 6.07) is 9.19. The molecule has 2 heterocycles. The summed E-state index contributed by atoms with van der Waals surface area (Å²) >= 11 is 1.83. The zero-order chi connectivity index (χ0) is 10.1. The molecule has 1 aromatic carbocycles. The second kappa shape index (κ2) is 3.95. The lowest BCUT2D eigenvalue weighted by Gasteiger charge is -2.22. The summed E-state index contributed by atoms with van der Waals surface area (Å²) in [7, 11) is 0. The van der Waals surface area contributed by atoms with Crippen molar-refractivity contribution in [2.24, 2.45) is 0 Å². The van der Waals surface area contributed by atoms with E-state index in [0.717, 1.165) is 5.92 Å². The average molecular weight is 217 g/mol. The van der Waals surface area contributed by atoms with E-state index in [1.54, 1.807) is 0 Å². The number of piperidine rings is 1. The molecule has 2 aromatic rings. The maximum Gasteiger partial charge on any atom is 0.0342 e. The molecule has 1 fully saturated rings. The molecule has 1 aromatic heterocycles. The first-order valence-corrected chi connectivity index (χ1v) is 6.49. The average Bonchev–Trinajstić information content (AvgIpc) is 2.77. The van der Waals surface area contributed by atoms with Gasteiger partial charge < -0.3 is 5.32 Å². The summed E-state index contributed by atoms with van der Waals surface area (Å²) < 4.78 is 1.41. The largest absolute Gasteiger partial charge is 0.317 e. The molecular formula is C13H15NS. The zero-order valence-electron chi connectivity index (χ0n) is 8.70. The van der Waals surface area contributed by atoms with Gasteiger partial charge >= 0.3 is 0 Å². The van der Waals surface area contributed by atoms with Crippen LogP contribution in [-0.2, 0) is 0 Å². The Morgan fingerprint density at radius 2 is 2.00 bits per heavy atom. The van der Waals surface area contributed by atoms with E-state index in [2.05, 4.69) is 35.0 Å². The first-order valence-electron chi connectivity index (χ1n) is 5.61. The molecule has 0 bridgehead atoms. The summed E-state index contributed by atoms with van der Waals surface area (Å²) in [6.07, 6.45) is 2.57. The first-order chi connectivity index (χ1) is 7.43. The quantitative estimate of drug-likeness (QED) is 0.772. The van der Waals surface area contributed by atoms with Crippen LogP contribution in [-0.4, -0.2) is 13.1 Å². The van der Waals surface area contributed by atoms with Crippen LogP contribution in [0.3, 0.4) is 0 Å². The van der Waals surface area contributed by atoms with E-state index in [0.29, 0.717) is 0 Å². The van der Waals surface area contributed by atoms with Gasteiger partial charge in [-0.05, 0) is 60.3 Å². The van der Waals surface area contributed by atoms with Gasteiger partial charge in [-0.25, -0.2) is 0 Å². The highest BCUT2D eigenvalue weighted by atomic mass is 32.1. The van der Waals surface area contributed by atoms with Crippen LogP contribution in [0.5, 0.6) is 0 Å². The Bertz CT molecular complexity index is 454. The third-order valence-electron chi connectivity index (χ3n) is 3.29. The molecule has 78 valence electrons. The number of hydrogen-bond donors (Lipinski definition) is 1. The third-order valence-corrected chi connectivity index (χ3v) is 4.18. The monoisotopic (exact) mass is 217 g/mol. The van der Waals surface area contributed by atoms with Crippen molar-refractivity contribution in [3.05, 3.63) is 35.2 Å². The Kier molecular flexibility index (Phi) is 2.47. The molecule has 1 aliphatic heterocycles. The van der Waals surface area contributed by atoms with Gasteiger partial charge in [0.1, 0.15) is 0 Å². The number of nitrogens with one attached hydrogen (secondary N) is 1. The van der Waals surface area contributed by atoms with Gasteiger partial charge in [-0.15, -0.1) is 11.3 Å². The van der Waals surface area contributed by atoms with Gasteiger partial charge in [-0.3, -0.25) is 0 Å². The van der Waals surface area contributed by atoms with Crippen molar-refractivity contribution >= 4 is 21.4 Å². The highest BCUT2D eigenvalue weighted by molar-refractivity contribution is 7.17. The smallest absolute Gasteiger partial charge is 0.0342 e. The minimum Gasteiger partial charge on any atom is -0.317 e. The van der Waals surface area contributed by atoms with Crippen LogP contribution in [0.4, 0.5) is 0 Å². The maximum atomic E-state index is 3.42. The molecule has 0 radical (unpaired) electrons. The summed E-state index contributed by atoms with van der Waals surface area (Å²) in [5.74, 6) is 0.774. The fraction of sp³-hybridized carbons (Fsp3) is 0.385. The molecule has 0 unspecified atom stereocenters. The molecule has 2 heteroatoms. The standard InChI is InChI=1S/C13H15NS/c1-2-13-12(5-8-15-13)9-11(1)10-3-6-14-7-4-10/h1-2,5,8-10,14H,3-4,6-7H2. The molecule has 3 rings (SSSR count). The normalized spacial score (nSPS) is 18.4. The van der Waals surface area contributed by atoms with E-state index in [1.807, 2.05) is 11.3 Å². The minimum absolute atomic E-state index is 0.774. The highest BCUT2D eigenvalue weighted by Crippen LogP contribution is 2.29. The van der Waals surface area contributed by atoms with Gasteiger partial charge in [-0.1, -0.05) is 12.1 Å². The van der Waals surface area contributed by atoms with Crippen LogP contribution < -0.4 is 5.32 Å². The Morgan fingerprint density at radius 3 is 2.87 bits per heavy atom. The summed E-state index contributed by atoms with van der Waals surface area (Å²) in [6.45, 7) is 2.35. The predicted molar refractivity (Wildman–Crippen MR) is 66.7 cm³/mol. The van der Waals surface area contributed by atoms with Crippen molar-refractivity contribution in [1.82, 2.24) is 5.32 Å². The summed E-state index contributed by atoms with van der Waals surface area (Å²) in [5.41, 5.74) is 1.53. The molecule has 0 atom stereocenters. The maximum absolute atomic E-state index is 3.42. The second-order valence-electron chi connectivity index (χ2n) is 4.24. The number of fused-ring (bicyclic) bond motifs is 1. The van der Waals surface area contributed by atoms with E-state index in [1.165, 1.54) is 41.6 Å². The van der Waals surface area contributed by atoms with E-state index in [9.17, 15) is 0 Å². The van der Waals surface area contributed by atoms with Crippen molar-refractivity contribution in [2.45, 2.75) is 18.8 Å². The Hall–Kier alpha value is -0.860. The van der Waals surface area contributed by atoms with Crippen LogP contribution in [0.25, 0.3) is 10.1 Å². The molecule has 1 aliphatic rings. The molecule has 15 heavy (non-hydrogen) atoms. The van der Waals surface area contributed by atoms with E-state index in [-0.39, 0.29) is 0 Å². The Morgan fingerprint density at radius 1 is 1.13 bits per heavy atom. The predicted octanol–water partition coefficient (Wildman–Crippen LogP) is 3.37. The van der Waals surface area contributed by atoms with Gasteiger partial charge in [0, 0.05) is 4.70 Å². The van der Waals surface area contributed by atoms with Crippen molar-refractivity contribution in [2.75, 3.05) is 13.1 Å². The number of benzene rings is 1. The van der Waals surface area contributed by atoms with E-state index in [4.69, 9.17) is 0 Å². The molecular weight excluding hydrogens is 202 g/mol. The van der Waals surface area contributed by atoms with Crippen LogP contribution in [0.2, 0.25) is 0 Å². The van der Waals surface area contributed by atoms with Crippen molar-refractivity contribution in [3.63, 3.8) is 0 Å². The molecule has 1 N–H and O–H groups in total. The molecule has 0 amide bonds. The van der Waals surface area contributed by atoms with E-state index < -0.39 is 0 Å². The molecule has 0 saturated carbocycles. The van der Waals surface area contributed by atoms with Gasteiger partial charge in [0.05, 0.1) is 0 Å². The lowest BCUT2D eigenvalue weighted by atomic mass is 9.90. The first kappa shape index (κ1) is 9.37. The van der Waals surface area contributed by atoms with Crippen LogP contribution in [0.15, 0.2) is 29.6 Å². The fourth-order valence-electron chi connectivity index (χ4n) is 2.39. The number of hydrogen-bond acceptors (Lipinski definition) is 2. The molecule has 1 nitrogen and oxygen atoms in total. The minimum atomic E-state index is 0.774. The van der Waals surface area contributed by atoms with Gasteiger partial charge in [-0.2, -0.15) is 0 Å². The van der Waals surface area contributed by atoms with Crippen LogP contribution in [0.1, 0.15) is 24.3 Å². The lowest BCUT2D eigenvalue weighted by Crippen LogP contribution is -2.26. The van der Waals surface area contributed by atoms with Crippen molar-refractivity contribution < 1.29 is 0 Å². The van der Waals surface area contributed by atoms with Crippen LogP contribution in [0, 0.1) is 0 Å². The summed E-state index contributed by atoms with van der Waals surface area (Å²) in [4.78, 5) is 0. The highest BCUT2D eigenvalue weighted by Gasteiger charge is 2.15. The number of rotatable bonds is 1. The van der Waals surface area contributed by atoms with Crippen LogP contribution >= 0.6 is 11.3 Å². The fourth-order valence-corrected chi connectivity index (χ4v) is 3.17. The second-order valence-corrected chi connectivity index (χ2v) is 5.19. The Balaban J connectivity index is 1.95.